The lowest BCUT2D eigenvalue weighted by Gasteiger charge is -2.15. The Hall–Kier alpha value is -1.27. The second kappa shape index (κ2) is 5.61. The van der Waals surface area contributed by atoms with E-state index in [4.69, 9.17) is 11.6 Å². The summed E-state index contributed by atoms with van der Waals surface area (Å²) in [4.78, 5) is 14.5. The van der Waals surface area contributed by atoms with Crippen LogP contribution in [0, 0.1) is 5.82 Å². The molecule has 0 spiro atoms. The number of rotatable bonds is 2. The van der Waals surface area contributed by atoms with Gasteiger partial charge in [0.1, 0.15) is 5.82 Å². The highest BCUT2D eigenvalue weighted by Crippen LogP contribution is 2.26. The molecule has 0 N–H and O–H groups in total. The lowest BCUT2D eigenvalue weighted by Crippen LogP contribution is -2.21. The van der Waals surface area contributed by atoms with E-state index in [0.29, 0.717) is 11.5 Å². The van der Waals surface area contributed by atoms with E-state index in [9.17, 15) is 4.39 Å². The van der Waals surface area contributed by atoms with Gasteiger partial charge < -0.3 is 4.90 Å². The molecule has 2 heterocycles. The van der Waals surface area contributed by atoms with Crippen LogP contribution >= 0.6 is 27.5 Å². The highest BCUT2D eigenvalue weighted by Gasteiger charge is 2.18. The molecule has 2 aromatic rings. The smallest absolute Gasteiger partial charge is 0.230 e. The Bertz CT molecular complexity index is 646. The van der Waals surface area contributed by atoms with Gasteiger partial charge in [-0.15, -0.1) is 0 Å². The molecule has 1 aromatic heterocycles. The Morgan fingerprint density at radius 3 is 2.65 bits per heavy atom. The van der Waals surface area contributed by atoms with Gasteiger partial charge in [0.15, 0.2) is 5.82 Å². The predicted molar refractivity (Wildman–Crippen MR) is 79.4 cm³/mol. The minimum atomic E-state index is -0.386. The summed E-state index contributed by atoms with van der Waals surface area (Å²) in [6.07, 6.45) is 2.20. The van der Waals surface area contributed by atoms with Crippen LogP contribution in [0.4, 0.5) is 10.3 Å². The van der Waals surface area contributed by atoms with E-state index >= 15 is 0 Å². The average Bonchev–Trinajstić information content (AvgIpc) is 2.95. The molecule has 0 bridgehead atoms. The van der Waals surface area contributed by atoms with Crippen molar-refractivity contribution < 1.29 is 4.39 Å². The standard InChI is InChI=1S/C13H11BrClFN4/c14-8-3-4-10(16)9(7-8)11-17-12(15)19-13(18-11)20-5-1-2-6-20/h3-4,7H,1-2,5-6H2. The van der Waals surface area contributed by atoms with Gasteiger partial charge in [0.2, 0.25) is 11.2 Å². The van der Waals surface area contributed by atoms with Crippen molar-refractivity contribution in [3.63, 3.8) is 0 Å². The molecule has 7 heteroatoms. The predicted octanol–water partition coefficient (Wildman–Crippen LogP) is 3.69. The fourth-order valence-electron chi connectivity index (χ4n) is 2.19. The Balaban J connectivity index is 2.06. The maximum atomic E-state index is 13.9. The van der Waals surface area contributed by atoms with Crippen LogP contribution in [0.3, 0.4) is 0 Å². The summed E-state index contributed by atoms with van der Waals surface area (Å²) in [6.45, 7) is 1.78. The van der Waals surface area contributed by atoms with E-state index in [0.717, 1.165) is 30.4 Å². The average molecular weight is 358 g/mol. The first-order chi connectivity index (χ1) is 9.63. The molecule has 0 saturated carbocycles. The van der Waals surface area contributed by atoms with Crippen molar-refractivity contribution in [2.24, 2.45) is 0 Å². The summed E-state index contributed by atoms with van der Waals surface area (Å²) in [5.41, 5.74) is 0.309. The summed E-state index contributed by atoms with van der Waals surface area (Å²) in [5, 5.41) is 0.0799. The van der Waals surface area contributed by atoms with Crippen molar-refractivity contribution in [2.45, 2.75) is 12.8 Å². The largest absolute Gasteiger partial charge is 0.341 e. The number of nitrogens with zero attached hydrogens (tertiary/aromatic N) is 4. The van der Waals surface area contributed by atoms with Crippen LogP contribution in [0.1, 0.15) is 12.8 Å². The molecular weight excluding hydrogens is 347 g/mol. The van der Waals surface area contributed by atoms with Gasteiger partial charge in [0.05, 0.1) is 5.56 Å². The number of hydrogen-bond donors (Lipinski definition) is 0. The third-order valence-electron chi connectivity index (χ3n) is 3.15. The van der Waals surface area contributed by atoms with Crippen LogP contribution < -0.4 is 4.90 Å². The first-order valence-corrected chi connectivity index (χ1v) is 7.42. The van der Waals surface area contributed by atoms with Gasteiger partial charge in [-0.25, -0.2) is 4.39 Å². The molecule has 0 amide bonds. The first kappa shape index (κ1) is 13.7. The van der Waals surface area contributed by atoms with E-state index in [1.54, 1.807) is 12.1 Å². The molecule has 1 aromatic carbocycles. The second-order valence-electron chi connectivity index (χ2n) is 4.55. The van der Waals surface area contributed by atoms with Crippen molar-refractivity contribution in [3.8, 4) is 11.4 Å². The zero-order valence-corrected chi connectivity index (χ0v) is 12.8. The van der Waals surface area contributed by atoms with Gasteiger partial charge >= 0.3 is 0 Å². The molecule has 104 valence electrons. The van der Waals surface area contributed by atoms with Crippen molar-refractivity contribution in [1.82, 2.24) is 15.0 Å². The highest BCUT2D eigenvalue weighted by molar-refractivity contribution is 9.10. The molecule has 0 aliphatic carbocycles. The van der Waals surface area contributed by atoms with Gasteiger partial charge in [-0.2, -0.15) is 15.0 Å². The zero-order valence-electron chi connectivity index (χ0n) is 10.5. The van der Waals surface area contributed by atoms with Gasteiger partial charge in [-0.05, 0) is 42.6 Å². The number of hydrogen-bond acceptors (Lipinski definition) is 4. The Labute approximate surface area is 129 Å². The van der Waals surface area contributed by atoms with Gasteiger partial charge in [-0.3, -0.25) is 0 Å². The van der Waals surface area contributed by atoms with E-state index in [2.05, 4.69) is 30.9 Å². The monoisotopic (exact) mass is 356 g/mol. The van der Waals surface area contributed by atoms with Crippen LogP contribution in [0.2, 0.25) is 5.28 Å². The normalized spacial score (nSPS) is 14.8. The fourth-order valence-corrected chi connectivity index (χ4v) is 2.70. The number of halogens is 3. The summed E-state index contributed by atoms with van der Waals surface area (Å²) in [7, 11) is 0. The van der Waals surface area contributed by atoms with Crippen LogP contribution in [0.15, 0.2) is 22.7 Å². The minimum absolute atomic E-state index is 0.0799. The molecule has 0 radical (unpaired) electrons. The van der Waals surface area contributed by atoms with Gasteiger partial charge in [0, 0.05) is 17.6 Å². The third-order valence-corrected chi connectivity index (χ3v) is 3.82. The molecule has 3 rings (SSSR count). The van der Waals surface area contributed by atoms with Gasteiger partial charge in [0.25, 0.3) is 0 Å². The fraction of sp³-hybridized carbons (Fsp3) is 0.308. The summed E-state index contributed by atoms with van der Waals surface area (Å²) in [5.74, 6) is 0.380. The van der Waals surface area contributed by atoms with Crippen molar-refractivity contribution >= 4 is 33.5 Å². The SMILES string of the molecule is Fc1ccc(Br)cc1-c1nc(Cl)nc(N2CCCC2)n1. The lowest BCUT2D eigenvalue weighted by atomic mass is 10.2. The molecule has 1 aliphatic rings. The summed E-state index contributed by atoms with van der Waals surface area (Å²) in [6, 6.07) is 4.63. The van der Waals surface area contributed by atoms with E-state index < -0.39 is 0 Å². The Morgan fingerprint density at radius 2 is 1.90 bits per heavy atom. The van der Waals surface area contributed by atoms with Crippen LogP contribution in [0.25, 0.3) is 11.4 Å². The van der Waals surface area contributed by atoms with E-state index in [1.807, 2.05) is 4.90 Å². The van der Waals surface area contributed by atoms with E-state index in [-0.39, 0.29) is 16.9 Å². The van der Waals surface area contributed by atoms with E-state index in [1.165, 1.54) is 6.07 Å². The molecular formula is C13H11BrClFN4. The van der Waals surface area contributed by atoms with Crippen LogP contribution in [-0.4, -0.2) is 28.0 Å². The molecule has 1 aliphatic heterocycles. The zero-order chi connectivity index (χ0) is 14.1. The molecule has 1 saturated heterocycles. The van der Waals surface area contributed by atoms with Crippen molar-refractivity contribution in [1.29, 1.82) is 0 Å². The van der Waals surface area contributed by atoms with Crippen molar-refractivity contribution in [3.05, 3.63) is 33.8 Å². The van der Waals surface area contributed by atoms with Gasteiger partial charge in [-0.1, -0.05) is 15.9 Å². The third kappa shape index (κ3) is 2.76. The molecule has 20 heavy (non-hydrogen) atoms. The number of benzene rings is 1. The molecule has 0 atom stereocenters. The van der Waals surface area contributed by atoms with Crippen LogP contribution in [0.5, 0.6) is 0 Å². The molecule has 1 fully saturated rings. The molecule has 4 nitrogen and oxygen atoms in total. The maximum Gasteiger partial charge on any atom is 0.230 e. The Kier molecular flexibility index (Phi) is 3.85. The first-order valence-electron chi connectivity index (χ1n) is 6.25. The maximum absolute atomic E-state index is 13.9. The number of aromatic nitrogens is 3. The second-order valence-corrected chi connectivity index (χ2v) is 5.80. The highest BCUT2D eigenvalue weighted by atomic mass is 79.9. The topological polar surface area (TPSA) is 41.9 Å². The summed E-state index contributed by atoms with van der Waals surface area (Å²) >= 11 is 9.26. The van der Waals surface area contributed by atoms with Crippen LogP contribution in [-0.2, 0) is 0 Å². The van der Waals surface area contributed by atoms with Crippen molar-refractivity contribution in [2.75, 3.05) is 18.0 Å². The number of anilines is 1. The minimum Gasteiger partial charge on any atom is -0.341 e. The lowest BCUT2D eigenvalue weighted by molar-refractivity contribution is 0.629. The Morgan fingerprint density at radius 1 is 1.15 bits per heavy atom. The molecule has 0 unspecified atom stereocenters. The quantitative estimate of drug-likeness (QED) is 0.822. The summed E-state index contributed by atoms with van der Waals surface area (Å²) < 4.78 is 14.7.